The molecule has 19 N–H and O–H groups in total. The predicted octanol–water partition coefficient (Wildman–Crippen LogP) is -4.91. The third kappa shape index (κ3) is 18.9. The molecule has 72 heavy (non-hydrogen) atoms. The van der Waals surface area contributed by atoms with Crippen molar-refractivity contribution in [3.63, 3.8) is 0 Å². The molecule has 0 spiro atoms. The van der Waals surface area contributed by atoms with Gasteiger partial charge < -0.3 is 79.5 Å². The number of amides is 6. The van der Waals surface area contributed by atoms with Crippen molar-refractivity contribution in [3.8, 4) is 0 Å². The molecule has 1 aromatic carbocycles. The summed E-state index contributed by atoms with van der Waals surface area (Å²) in [6.07, 6.45) is -3.82. The Morgan fingerprint density at radius 3 is 1.74 bits per heavy atom. The van der Waals surface area contributed by atoms with Crippen LogP contribution in [-0.4, -0.2) is 160 Å². The van der Waals surface area contributed by atoms with Gasteiger partial charge in [0.1, 0.15) is 36.3 Å². The average Bonchev–Trinajstić information content (AvgIpc) is 3.29. The molecular formula is C40H51N15O17. The Kier molecular flexibility index (Phi) is 21.2. The molecule has 0 aliphatic heterocycles. The first-order chi connectivity index (χ1) is 33.8. The Bertz CT molecular complexity index is 2630. The lowest BCUT2D eigenvalue weighted by atomic mass is 10.1. The summed E-state index contributed by atoms with van der Waals surface area (Å²) in [4.78, 5) is 164. The van der Waals surface area contributed by atoms with Crippen molar-refractivity contribution >= 4 is 94.0 Å². The number of H-pyrrole nitrogens is 1. The number of nitrogens with two attached hydrogens (primary N) is 2. The van der Waals surface area contributed by atoms with Crippen molar-refractivity contribution in [2.75, 3.05) is 17.6 Å². The number of fused-ring (bicyclic) bond motifs is 1. The maximum absolute atomic E-state index is 13.6. The van der Waals surface area contributed by atoms with Crippen LogP contribution < -0.4 is 59.6 Å². The normalized spacial score (nSPS) is 13.2. The number of benzene rings is 1. The number of anilines is 2. The van der Waals surface area contributed by atoms with E-state index in [2.05, 4.69) is 51.8 Å². The fourth-order valence-electron chi connectivity index (χ4n) is 6.17. The summed E-state index contributed by atoms with van der Waals surface area (Å²) in [6, 6.07) is -5.39. The first kappa shape index (κ1) is 56.8. The van der Waals surface area contributed by atoms with E-state index in [-0.39, 0.29) is 48.6 Å². The van der Waals surface area contributed by atoms with Gasteiger partial charge in [-0.25, -0.2) is 14.8 Å². The minimum absolute atomic E-state index is 0.00172. The maximum atomic E-state index is 13.6. The number of rotatable bonds is 29. The largest absolute Gasteiger partial charge is 0.481 e. The van der Waals surface area contributed by atoms with Crippen LogP contribution in [0.4, 0.5) is 11.6 Å². The van der Waals surface area contributed by atoms with Gasteiger partial charge in [-0.3, -0.25) is 63.1 Å². The lowest BCUT2D eigenvalue weighted by Gasteiger charge is -2.26. The molecule has 6 amide bonds. The van der Waals surface area contributed by atoms with Crippen molar-refractivity contribution in [1.29, 1.82) is 5.41 Å². The fraction of sp³-hybridized carbons (Fsp3) is 0.400. The molecule has 32 nitrogen and oxygen atoms in total. The lowest BCUT2D eigenvalue weighted by Crippen LogP contribution is -2.59. The number of aromatic nitrogens is 4. The highest BCUT2D eigenvalue weighted by molar-refractivity contribution is 5.99. The molecule has 0 fully saturated rings. The molecule has 388 valence electrons. The molecule has 0 aliphatic rings. The summed E-state index contributed by atoms with van der Waals surface area (Å²) in [6.45, 7) is 1.01. The molecule has 3 rings (SSSR count). The van der Waals surface area contributed by atoms with Crippen molar-refractivity contribution in [2.24, 2.45) is 5.73 Å². The molecule has 2 heterocycles. The van der Waals surface area contributed by atoms with E-state index in [1.54, 1.807) is 0 Å². The number of carbonyl (C=O) groups is 11. The van der Waals surface area contributed by atoms with Gasteiger partial charge in [0.25, 0.3) is 11.5 Å². The summed E-state index contributed by atoms with van der Waals surface area (Å²) in [7, 11) is 0. The number of aliphatic carboxylic acids is 5. The van der Waals surface area contributed by atoms with Crippen molar-refractivity contribution in [3.05, 3.63) is 52.1 Å². The van der Waals surface area contributed by atoms with E-state index >= 15 is 0 Å². The predicted molar refractivity (Wildman–Crippen MR) is 243 cm³/mol. The maximum Gasteiger partial charge on any atom is 0.326 e. The minimum atomic E-state index is -2.09. The summed E-state index contributed by atoms with van der Waals surface area (Å²) in [5.41, 5.74) is 11.0. The monoisotopic (exact) mass is 1010 g/mol. The second kappa shape index (κ2) is 26.9. The zero-order valence-corrected chi connectivity index (χ0v) is 37.8. The number of aromatic amines is 1. The molecule has 0 saturated heterocycles. The molecule has 0 aliphatic carbocycles. The van der Waals surface area contributed by atoms with E-state index in [0.717, 1.165) is 6.92 Å². The van der Waals surface area contributed by atoms with E-state index in [1.165, 1.54) is 30.5 Å². The number of hydrogen-bond donors (Lipinski definition) is 17. The van der Waals surface area contributed by atoms with Crippen LogP contribution in [0.3, 0.4) is 0 Å². The van der Waals surface area contributed by atoms with Crippen molar-refractivity contribution < 1.29 is 78.3 Å². The van der Waals surface area contributed by atoms with E-state index in [1.807, 2.05) is 10.6 Å². The van der Waals surface area contributed by atoms with Gasteiger partial charge >= 0.3 is 29.8 Å². The number of nitrogens with one attached hydrogen (secondary N) is 10. The molecule has 0 bridgehead atoms. The van der Waals surface area contributed by atoms with Crippen LogP contribution in [0.25, 0.3) is 11.2 Å². The Morgan fingerprint density at radius 1 is 0.681 bits per heavy atom. The van der Waals surface area contributed by atoms with Crippen LogP contribution in [0.1, 0.15) is 67.9 Å². The van der Waals surface area contributed by atoms with Gasteiger partial charge in [0.05, 0.1) is 37.7 Å². The number of carboxylic acid groups (broad SMARTS) is 5. The lowest BCUT2D eigenvalue weighted by molar-refractivity contribution is -0.145. The Hall–Kier alpha value is -9.52. The smallest absolute Gasteiger partial charge is 0.326 e. The average molecular weight is 1010 g/mol. The van der Waals surface area contributed by atoms with Gasteiger partial charge in [-0.05, 0) is 50.5 Å². The van der Waals surface area contributed by atoms with Gasteiger partial charge in [0.15, 0.2) is 17.1 Å². The summed E-state index contributed by atoms with van der Waals surface area (Å²) >= 11 is 0. The summed E-state index contributed by atoms with van der Waals surface area (Å²) in [5, 5.41) is 72.6. The zero-order chi connectivity index (χ0) is 53.8. The first-order valence-electron chi connectivity index (χ1n) is 21.2. The standard InChI is InChI=1S/C40H51N15O17/c1-16(37(69)70)47-33(65)23(12-27(59)60)53-35(67)24(13-28(61)62)52-32(64)20(3-2-10-44-39(41)42)50-34(66)22(11-26(57)58)49-25(56)9-8-21(38(71)72)51-31(63)17-4-6-18(7-5-17)45-14-19-15-46-30-29(48-19)36(68)55-40(43)54-30/h4-7,15-16,20-24,45H,2-3,8-14H2,1H3,(H,47,65)(H,49,56)(H,50,66)(H,51,63)(H,52,64)(H,53,67)(H,57,58)(H,59,60)(H,61,62)(H,69,70)(H,71,72)(H4,41,42,44)(H3,43,46,54,55,68)/t16-,20+,21+,22+,23+,24+/m1/s1. The van der Waals surface area contributed by atoms with Crippen LogP contribution in [-0.2, 0) is 54.5 Å². The van der Waals surface area contributed by atoms with Crippen molar-refractivity contribution in [2.45, 2.75) is 94.7 Å². The number of guanidine groups is 1. The molecule has 0 saturated carbocycles. The second-order valence-electron chi connectivity index (χ2n) is 15.5. The molecule has 6 atom stereocenters. The minimum Gasteiger partial charge on any atom is -0.481 e. The van der Waals surface area contributed by atoms with E-state index < -0.39 is 145 Å². The van der Waals surface area contributed by atoms with Gasteiger partial charge in [0.2, 0.25) is 35.5 Å². The second-order valence-corrected chi connectivity index (χ2v) is 15.5. The number of nitrogen functional groups attached to an aromatic ring is 1. The third-order valence-corrected chi connectivity index (χ3v) is 9.77. The molecule has 2 aromatic heterocycles. The highest BCUT2D eigenvalue weighted by Gasteiger charge is 2.34. The quantitative estimate of drug-likeness (QED) is 0.0176. The van der Waals surface area contributed by atoms with Gasteiger partial charge in [-0.1, -0.05) is 0 Å². The zero-order valence-electron chi connectivity index (χ0n) is 37.8. The van der Waals surface area contributed by atoms with Crippen LogP contribution in [0, 0.1) is 5.41 Å². The molecular weight excluding hydrogens is 963 g/mol. The van der Waals surface area contributed by atoms with Crippen LogP contribution in [0.2, 0.25) is 0 Å². The first-order valence-corrected chi connectivity index (χ1v) is 21.2. The fourth-order valence-corrected chi connectivity index (χ4v) is 6.17. The van der Waals surface area contributed by atoms with Crippen LogP contribution in [0.5, 0.6) is 0 Å². The highest BCUT2D eigenvalue weighted by atomic mass is 16.4. The van der Waals surface area contributed by atoms with Crippen molar-refractivity contribution in [1.82, 2.24) is 57.2 Å². The number of nitrogens with zero attached hydrogens (tertiary/aromatic N) is 3. The summed E-state index contributed by atoms with van der Waals surface area (Å²) in [5.74, 6) is -16.0. The summed E-state index contributed by atoms with van der Waals surface area (Å²) < 4.78 is 0. The van der Waals surface area contributed by atoms with Crippen LogP contribution >= 0.6 is 0 Å². The van der Waals surface area contributed by atoms with Gasteiger partial charge in [0, 0.05) is 24.2 Å². The number of carbonyl (C=O) groups excluding carboxylic acids is 6. The Balaban J connectivity index is 1.70. The Morgan fingerprint density at radius 2 is 1.21 bits per heavy atom. The number of carboxylic acids is 5. The van der Waals surface area contributed by atoms with Crippen LogP contribution in [0.15, 0.2) is 35.3 Å². The van der Waals surface area contributed by atoms with E-state index in [9.17, 15) is 78.0 Å². The van der Waals surface area contributed by atoms with Gasteiger partial charge in [-0.2, -0.15) is 4.98 Å². The SMILES string of the molecule is C[C@@H](NC(=O)[C@H](CC(=O)O)NC(=O)[C@H](CC(=O)O)NC(=O)[C@H](CCCNC(=N)N)NC(=O)[C@H](CC(=O)O)NC(=O)CC[C@H](NC(=O)c1ccc(NCc2cnc3nc(N)[nH]c(=O)c3n2)cc1)C(=O)O)C(=O)O. The number of hydrogen-bond acceptors (Lipinski definition) is 18. The topological polar surface area (TPSA) is 533 Å². The van der Waals surface area contributed by atoms with E-state index in [0.29, 0.717) is 11.4 Å². The molecule has 0 radical (unpaired) electrons. The molecule has 0 unspecified atom stereocenters. The molecule has 3 aromatic rings. The Labute approximate surface area is 404 Å². The molecule has 32 heteroatoms. The van der Waals surface area contributed by atoms with Gasteiger partial charge in [-0.15, -0.1) is 0 Å². The highest BCUT2D eigenvalue weighted by Crippen LogP contribution is 2.13. The van der Waals surface area contributed by atoms with E-state index in [4.69, 9.17) is 22.0 Å². The third-order valence-electron chi connectivity index (χ3n) is 9.77.